The molecule has 0 radical (unpaired) electrons. The monoisotopic (exact) mass is 379 g/mol. The molecule has 4 rings (SSSR count). The van der Waals surface area contributed by atoms with Gasteiger partial charge in [0.25, 0.3) is 0 Å². The van der Waals surface area contributed by atoms with E-state index in [-0.39, 0.29) is 0 Å². The van der Waals surface area contributed by atoms with Gasteiger partial charge < -0.3 is 0 Å². The Morgan fingerprint density at radius 2 is 1.69 bits per heavy atom. The van der Waals surface area contributed by atoms with Crippen molar-refractivity contribution >= 4 is 11.8 Å². The molecule has 0 bridgehead atoms. The van der Waals surface area contributed by atoms with Crippen LogP contribution >= 0.6 is 11.8 Å². The molecule has 4 aliphatic rings. The van der Waals surface area contributed by atoms with Crippen molar-refractivity contribution < 1.29 is 0 Å². The van der Waals surface area contributed by atoms with Crippen LogP contribution in [0.25, 0.3) is 0 Å². The number of halogens is 1. The lowest BCUT2D eigenvalue weighted by Gasteiger charge is -2.61. The van der Waals surface area contributed by atoms with Crippen LogP contribution in [0.15, 0.2) is 0 Å². The molecule has 0 heterocycles. The zero-order chi connectivity index (χ0) is 18.5. The summed E-state index contributed by atoms with van der Waals surface area (Å²) in [6.07, 6.45) is 15.9. The Balaban J connectivity index is 1.54. The van der Waals surface area contributed by atoms with Gasteiger partial charge in [-0.15, -0.1) is 0 Å². The number of rotatable bonds is 4. The molecule has 0 aromatic rings. The van der Waals surface area contributed by atoms with E-state index in [0.717, 1.165) is 35.5 Å². The summed E-state index contributed by atoms with van der Waals surface area (Å²) in [4.78, 5) is 3.07. The van der Waals surface area contributed by atoms with Crippen LogP contribution in [0.3, 0.4) is 0 Å². The zero-order valence-corrected chi connectivity index (χ0v) is 18.5. The van der Waals surface area contributed by atoms with E-state index in [0.29, 0.717) is 16.9 Å². The normalized spacial score (nSPS) is 52.0. The summed E-state index contributed by atoms with van der Waals surface area (Å²) >= 11 is 6.01. The van der Waals surface area contributed by atoms with Crippen LogP contribution in [-0.4, -0.2) is 6.04 Å². The van der Waals surface area contributed by atoms with Gasteiger partial charge in [-0.2, -0.15) is 0 Å². The molecule has 4 aliphatic carbocycles. The number of hydrogen-bond donors (Lipinski definition) is 1. The second-order valence-electron chi connectivity index (χ2n) is 11.2. The van der Waals surface area contributed by atoms with Crippen molar-refractivity contribution in [3.63, 3.8) is 0 Å². The lowest BCUT2D eigenvalue weighted by Crippen LogP contribution is -2.54. The molecule has 0 spiro atoms. The molecule has 26 heavy (non-hydrogen) atoms. The fourth-order valence-electron chi connectivity index (χ4n) is 8.99. The van der Waals surface area contributed by atoms with Gasteiger partial charge in [-0.25, -0.2) is 4.84 Å². The third kappa shape index (κ3) is 2.90. The van der Waals surface area contributed by atoms with Crippen LogP contribution < -0.4 is 4.84 Å². The van der Waals surface area contributed by atoms with Crippen LogP contribution in [0.2, 0.25) is 0 Å². The minimum absolute atomic E-state index is 0.561. The summed E-state index contributed by atoms with van der Waals surface area (Å²) in [6, 6.07) is 0.561. The predicted octanol–water partition coefficient (Wildman–Crippen LogP) is 7.19. The van der Waals surface area contributed by atoms with Gasteiger partial charge in [0.15, 0.2) is 0 Å². The average Bonchev–Trinajstić information content (AvgIpc) is 2.98. The second-order valence-corrected chi connectivity index (χ2v) is 11.4. The molecule has 0 aromatic carbocycles. The fraction of sp³-hybridized carbons (Fsp3) is 1.00. The van der Waals surface area contributed by atoms with Crippen molar-refractivity contribution in [1.29, 1.82) is 0 Å². The van der Waals surface area contributed by atoms with Gasteiger partial charge in [0.05, 0.1) is 0 Å². The van der Waals surface area contributed by atoms with Gasteiger partial charge in [0, 0.05) is 6.04 Å². The molecule has 1 N–H and O–H groups in total. The van der Waals surface area contributed by atoms with Crippen molar-refractivity contribution in [2.24, 2.45) is 46.3 Å². The maximum atomic E-state index is 6.01. The van der Waals surface area contributed by atoms with Gasteiger partial charge in [-0.1, -0.05) is 40.5 Å². The van der Waals surface area contributed by atoms with Gasteiger partial charge in [0.1, 0.15) is 0 Å². The SMILES string of the molecule is CCC[C@@H](C)[C@H]1CCC2C3CCC4CC(NCl)CC[C@]4(C)C3CC[C@@]21C. The minimum atomic E-state index is 0.561. The lowest BCUT2D eigenvalue weighted by molar-refractivity contribution is -0.117. The van der Waals surface area contributed by atoms with Crippen LogP contribution in [0, 0.1) is 46.3 Å². The largest absolute Gasteiger partial charge is 0.230 e. The van der Waals surface area contributed by atoms with Crippen molar-refractivity contribution in [2.75, 3.05) is 0 Å². The smallest absolute Gasteiger partial charge is 0.0224 e. The van der Waals surface area contributed by atoms with Crippen LogP contribution in [0.1, 0.15) is 98.3 Å². The van der Waals surface area contributed by atoms with E-state index >= 15 is 0 Å². The third-order valence-electron chi connectivity index (χ3n) is 10.3. The van der Waals surface area contributed by atoms with E-state index in [1.54, 1.807) is 0 Å². The first-order chi connectivity index (χ1) is 12.4. The number of nitrogens with one attached hydrogen (secondary N) is 1. The average molecular weight is 380 g/mol. The molecule has 4 saturated carbocycles. The van der Waals surface area contributed by atoms with Crippen molar-refractivity contribution in [1.82, 2.24) is 4.84 Å². The Hall–Kier alpha value is 0.250. The summed E-state index contributed by atoms with van der Waals surface area (Å²) in [6.45, 7) is 10.3. The lowest BCUT2D eigenvalue weighted by atomic mass is 9.44. The Kier molecular flexibility index (Phi) is 5.46. The highest BCUT2D eigenvalue weighted by Crippen LogP contribution is 2.68. The first-order valence-corrected chi connectivity index (χ1v) is 12.2. The Labute approximate surface area is 167 Å². The van der Waals surface area contributed by atoms with Crippen LogP contribution in [0.4, 0.5) is 0 Å². The Bertz CT molecular complexity index is 506. The molecule has 1 nitrogen and oxygen atoms in total. The third-order valence-corrected chi connectivity index (χ3v) is 10.6. The van der Waals surface area contributed by atoms with E-state index in [1.807, 2.05) is 0 Å². The molecule has 150 valence electrons. The van der Waals surface area contributed by atoms with Crippen LogP contribution in [0.5, 0.6) is 0 Å². The minimum Gasteiger partial charge on any atom is -0.230 e. The predicted molar refractivity (Wildman–Crippen MR) is 112 cm³/mol. The molecule has 0 aromatic heterocycles. The fourth-order valence-corrected chi connectivity index (χ4v) is 9.19. The molecule has 2 heteroatoms. The highest BCUT2D eigenvalue weighted by Gasteiger charge is 2.60. The van der Waals surface area contributed by atoms with Gasteiger partial charge in [-0.05, 0) is 116 Å². The first kappa shape index (κ1) is 19.6. The highest BCUT2D eigenvalue weighted by molar-refractivity contribution is 6.13. The van der Waals surface area contributed by atoms with Gasteiger partial charge in [-0.3, -0.25) is 0 Å². The summed E-state index contributed by atoms with van der Waals surface area (Å²) in [5, 5.41) is 0. The van der Waals surface area contributed by atoms with Crippen molar-refractivity contribution in [3.8, 4) is 0 Å². The zero-order valence-electron chi connectivity index (χ0n) is 17.7. The van der Waals surface area contributed by atoms with Crippen LogP contribution in [-0.2, 0) is 0 Å². The quantitative estimate of drug-likeness (QED) is 0.509. The maximum Gasteiger partial charge on any atom is 0.0224 e. The summed E-state index contributed by atoms with van der Waals surface area (Å²) < 4.78 is 0. The molecule has 9 atom stereocenters. The van der Waals surface area contributed by atoms with Crippen molar-refractivity contribution in [3.05, 3.63) is 0 Å². The Morgan fingerprint density at radius 3 is 2.42 bits per heavy atom. The topological polar surface area (TPSA) is 12.0 Å². The molecule has 0 aliphatic heterocycles. The van der Waals surface area contributed by atoms with E-state index in [1.165, 1.54) is 70.6 Å². The molecular formula is C24H42ClN. The second kappa shape index (κ2) is 7.25. The van der Waals surface area contributed by atoms with Gasteiger partial charge >= 0.3 is 0 Å². The highest BCUT2D eigenvalue weighted by atomic mass is 35.5. The molecular weight excluding hydrogens is 338 g/mol. The Morgan fingerprint density at radius 1 is 0.962 bits per heavy atom. The van der Waals surface area contributed by atoms with E-state index < -0.39 is 0 Å². The molecule has 0 saturated heterocycles. The number of fused-ring (bicyclic) bond motifs is 5. The summed E-state index contributed by atoms with van der Waals surface area (Å²) in [5.41, 5.74) is 1.25. The summed E-state index contributed by atoms with van der Waals surface area (Å²) in [7, 11) is 0. The standard InChI is InChI=1S/C24H42ClN/c1-5-6-16(2)20-9-10-21-19-8-7-17-15-18(26-25)11-13-23(17,3)22(19)12-14-24(20,21)4/h16-22,26H,5-15H2,1-4H3/t16-,17?,18?,19?,20-,21?,22?,23+,24-/m1/s1. The van der Waals surface area contributed by atoms with E-state index in [4.69, 9.17) is 11.8 Å². The van der Waals surface area contributed by atoms with E-state index in [9.17, 15) is 0 Å². The summed E-state index contributed by atoms with van der Waals surface area (Å²) in [5.74, 6) is 5.88. The molecule has 5 unspecified atom stereocenters. The van der Waals surface area contributed by atoms with Crippen molar-refractivity contribution in [2.45, 2.75) is 104 Å². The first-order valence-electron chi connectivity index (χ1n) is 11.8. The number of hydrogen-bond acceptors (Lipinski definition) is 1. The van der Waals surface area contributed by atoms with Gasteiger partial charge in [0.2, 0.25) is 0 Å². The maximum absolute atomic E-state index is 6.01. The molecule has 4 fully saturated rings. The van der Waals surface area contributed by atoms with E-state index in [2.05, 4.69) is 32.5 Å². The molecule has 0 amide bonds.